The summed E-state index contributed by atoms with van der Waals surface area (Å²) in [6.07, 6.45) is 1.68. The fourth-order valence-corrected chi connectivity index (χ4v) is 2.21. The lowest BCUT2D eigenvalue weighted by molar-refractivity contribution is -0.0590. The number of piperidine rings is 1. The van der Waals surface area contributed by atoms with E-state index in [4.69, 9.17) is 4.74 Å². The van der Waals surface area contributed by atoms with Gasteiger partial charge in [0.25, 0.3) is 5.92 Å². The Bertz CT molecular complexity index is 390. The predicted molar refractivity (Wildman–Crippen MR) is 72.2 cm³/mol. The molecule has 1 saturated heterocycles. The summed E-state index contributed by atoms with van der Waals surface area (Å²) in [5, 5.41) is 0. The van der Waals surface area contributed by atoms with Crippen LogP contribution in [0.15, 0.2) is 22.9 Å². The maximum atomic E-state index is 13.0. The lowest BCUT2D eigenvalue weighted by Crippen LogP contribution is -2.40. The Kier molecular flexibility index (Phi) is 5.24. The number of nitrogens with zero attached hydrogens (tertiary/aromatic N) is 2. The van der Waals surface area contributed by atoms with Crippen molar-refractivity contribution in [3.8, 4) is 0 Å². The van der Waals surface area contributed by atoms with Gasteiger partial charge in [-0.25, -0.2) is 13.8 Å². The van der Waals surface area contributed by atoms with Crippen LogP contribution in [0.5, 0.6) is 0 Å². The van der Waals surface area contributed by atoms with Gasteiger partial charge >= 0.3 is 0 Å². The van der Waals surface area contributed by atoms with Crippen molar-refractivity contribution in [1.29, 1.82) is 0 Å². The number of aromatic nitrogens is 1. The van der Waals surface area contributed by atoms with Crippen molar-refractivity contribution in [2.45, 2.75) is 25.4 Å². The molecule has 1 fully saturated rings. The second kappa shape index (κ2) is 6.72. The summed E-state index contributed by atoms with van der Waals surface area (Å²) in [4.78, 5) is 6.13. The molecule has 19 heavy (non-hydrogen) atoms. The molecule has 0 amide bonds. The minimum absolute atomic E-state index is 0.0381. The van der Waals surface area contributed by atoms with Gasteiger partial charge in [0.2, 0.25) is 0 Å². The molecule has 0 aromatic carbocycles. The van der Waals surface area contributed by atoms with E-state index >= 15 is 0 Å². The summed E-state index contributed by atoms with van der Waals surface area (Å²) in [7, 11) is 0. The van der Waals surface area contributed by atoms with Crippen LogP contribution in [0.25, 0.3) is 0 Å². The van der Waals surface area contributed by atoms with Gasteiger partial charge < -0.3 is 9.64 Å². The van der Waals surface area contributed by atoms with Crippen LogP contribution in [0, 0.1) is 0 Å². The standard InChI is InChI=1S/C13H17BrF2N2O/c14-12-2-1-11(9-17-12)10-19-8-7-18-5-3-13(15,16)4-6-18/h1-2,9H,3-8,10H2. The lowest BCUT2D eigenvalue weighted by atomic mass is 10.1. The highest BCUT2D eigenvalue weighted by molar-refractivity contribution is 9.10. The molecule has 6 heteroatoms. The van der Waals surface area contributed by atoms with Gasteiger partial charge in [-0.05, 0) is 27.6 Å². The molecule has 1 aliphatic rings. The molecule has 1 aliphatic heterocycles. The van der Waals surface area contributed by atoms with E-state index < -0.39 is 5.92 Å². The van der Waals surface area contributed by atoms with Crippen molar-refractivity contribution in [1.82, 2.24) is 9.88 Å². The molecule has 0 spiro atoms. The van der Waals surface area contributed by atoms with E-state index in [-0.39, 0.29) is 12.8 Å². The molecule has 106 valence electrons. The molecular weight excluding hydrogens is 318 g/mol. The number of hydrogen-bond donors (Lipinski definition) is 0. The largest absolute Gasteiger partial charge is 0.375 e. The monoisotopic (exact) mass is 334 g/mol. The molecule has 1 aromatic rings. The van der Waals surface area contributed by atoms with Crippen LogP contribution < -0.4 is 0 Å². The average Bonchev–Trinajstić information content (AvgIpc) is 2.38. The van der Waals surface area contributed by atoms with Crippen molar-refractivity contribution in [3.05, 3.63) is 28.5 Å². The first-order valence-corrected chi connectivity index (χ1v) is 7.13. The smallest absolute Gasteiger partial charge is 0.250 e. The summed E-state index contributed by atoms with van der Waals surface area (Å²) >= 11 is 3.27. The average molecular weight is 335 g/mol. The molecule has 0 unspecified atom stereocenters. The van der Waals surface area contributed by atoms with Gasteiger partial charge in [0.05, 0.1) is 13.2 Å². The van der Waals surface area contributed by atoms with E-state index in [1.165, 1.54) is 0 Å². The second-order valence-electron chi connectivity index (χ2n) is 4.74. The number of ether oxygens (including phenoxy) is 1. The summed E-state index contributed by atoms with van der Waals surface area (Å²) in [6, 6.07) is 3.81. The molecular formula is C13H17BrF2N2O. The van der Waals surface area contributed by atoms with Crippen LogP contribution >= 0.6 is 15.9 Å². The summed E-state index contributed by atoms with van der Waals surface area (Å²) in [6.45, 7) is 2.68. The van der Waals surface area contributed by atoms with E-state index in [0.29, 0.717) is 32.8 Å². The van der Waals surface area contributed by atoms with Gasteiger partial charge in [0.1, 0.15) is 4.60 Å². The number of halogens is 3. The van der Waals surface area contributed by atoms with Crippen molar-refractivity contribution in [2.75, 3.05) is 26.2 Å². The predicted octanol–water partition coefficient (Wildman–Crippen LogP) is 3.09. The summed E-state index contributed by atoms with van der Waals surface area (Å²) < 4.78 is 32.2. The highest BCUT2D eigenvalue weighted by atomic mass is 79.9. The third kappa shape index (κ3) is 5.12. The van der Waals surface area contributed by atoms with Gasteiger partial charge in [-0.2, -0.15) is 0 Å². The van der Waals surface area contributed by atoms with E-state index in [1.54, 1.807) is 6.20 Å². The van der Waals surface area contributed by atoms with Crippen LogP contribution in [0.4, 0.5) is 8.78 Å². The van der Waals surface area contributed by atoms with Gasteiger partial charge in [0, 0.05) is 38.7 Å². The van der Waals surface area contributed by atoms with Crippen LogP contribution in [-0.4, -0.2) is 42.0 Å². The Hall–Kier alpha value is -0.590. The summed E-state index contributed by atoms with van der Waals surface area (Å²) in [5.74, 6) is -2.47. The van der Waals surface area contributed by atoms with Gasteiger partial charge in [-0.1, -0.05) is 6.07 Å². The van der Waals surface area contributed by atoms with Gasteiger partial charge in [0.15, 0.2) is 0 Å². The molecule has 0 N–H and O–H groups in total. The van der Waals surface area contributed by atoms with Crippen molar-refractivity contribution in [3.63, 3.8) is 0 Å². The molecule has 1 aromatic heterocycles. The van der Waals surface area contributed by atoms with E-state index in [9.17, 15) is 8.78 Å². The number of rotatable bonds is 5. The highest BCUT2D eigenvalue weighted by Crippen LogP contribution is 2.27. The normalized spacial score (nSPS) is 19.5. The van der Waals surface area contributed by atoms with E-state index in [1.807, 2.05) is 17.0 Å². The van der Waals surface area contributed by atoms with Crippen molar-refractivity contribution < 1.29 is 13.5 Å². The van der Waals surface area contributed by atoms with Crippen LogP contribution in [0.1, 0.15) is 18.4 Å². The van der Waals surface area contributed by atoms with Crippen molar-refractivity contribution >= 4 is 15.9 Å². The Morgan fingerprint density at radius 1 is 1.32 bits per heavy atom. The number of pyridine rings is 1. The minimum Gasteiger partial charge on any atom is -0.375 e. The Morgan fingerprint density at radius 3 is 2.68 bits per heavy atom. The molecule has 0 aliphatic carbocycles. The molecule has 0 radical (unpaired) electrons. The number of alkyl halides is 2. The molecule has 3 nitrogen and oxygen atoms in total. The molecule has 2 rings (SSSR count). The first-order chi connectivity index (χ1) is 9.05. The van der Waals surface area contributed by atoms with Gasteiger partial charge in [-0.3, -0.25) is 0 Å². The zero-order valence-electron chi connectivity index (χ0n) is 10.6. The first-order valence-electron chi connectivity index (χ1n) is 6.33. The topological polar surface area (TPSA) is 25.4 Å². The first kappa shape index (κ1) is 14.8. The maximum Gasteiger partial charge on any atom is 0.250 e. The number of likely N-dealkylation sites (tertiary alicyclic amines) is 1. The molecule has 0 bridgehead atoms. The second-order valence-corrected chi connectivity index (χ2v) is 5.55. The zero-order valence-corrected chi connectivity index (χ0v) is 12.2. The SMILES string of the molecule is FC1(F)CCN(CCOCc2ccc(Br)nc2)CC1. The van der Waals surface area contributed by atoms with E-state index in [0.717, 1.165) is 10.2 Å². The molecule has 2 heterocycles. The number of hydrogen-bond acceptors (Lipinski definition) is 3. The molecule has 0 saturated carbocycles. The Balaban J connectivity index is 1.61. The lowest BCUT2D eigenvalue weighted by Gasteiger charge is -2.31. The Labute approximate surface area is 120 Å². The zero-order chi connectivity index (χ0) is 13.7. The third-order valence-electron chi connectivity index (χ3n) is 3.20. The summed E-state index contributed by atoms with van der Waals surface area (Å²) in [5.41, 5.74) is 1.01. The van der Waals surface area contributed by atoms with Crippen LogP contribution in [-0.2, 0) is 11.3 Å². The fourth-order valence-electron chi connectivity index (χ4n) is 1.98. The molecule has 0 atom stereocenters. The van der Waals surface area contributed by atoms with Crippen LogP contribution in [0.3, 0.4) is 0 Å². The maximum absolute atomic E-state index is 13.0. The minimum atomic E-state index is -2.47. The van der Waals surface area contributed by atoms with Crippen molar-refractivity contribution in [2.24, 2.45) is 0 Å². The highest BCUT2D eigenvalue weighted by Gasteiger charge is 2.33. The van der Waals surface area contributed by atoms with E-state index in [2.05, 4.69) is 20.9 Å². The van der Waals surface area contributed by atoms with Gasteiger partial charge in [-0.15, -0.1) is 0 Å². The fraction of sp³-hybridized carbons (Fsp3) is 0.615. The third-order valence-corrected chi connectivity index (χ3v) is 3.67. The quantitative estimate of drug-likeness (QED) is 0.611. The Morgan fingerprint density at radius 2 is 2.05 bits per heavy atom. The van der Waals surface area contributed by atoms with Crippen LogP contribution in [0.2, 0.25) is 0 Å².